The molecule has 16 heavy (non-hydrogen) atoms. The molecule has 1 rings (SSSR count). The molecule has 0 heterocycles. The van der Waals surface area contributed by atoms with E-state index in [1.165, 1.54) is 5.56 Å². The highest BCUT2D eigenvalue weighted by Crippen LogP contribution is 2.23. The summed E-state index contributed by atoms with van der Waals surface area (Å²) in [6.07, 6.45) is 1.37. The van der Waals surface area contributed by atoms with Crippen molar-refractivity contribution >= 4 is 0 Å². The minimum absolute atomic E-state index is 0.291. The van der Waals surface area contributed by atoms with Crippen molar-refractivity contribution in [3.05, 3.63) is 29.3 Å². The first-order valence-corrected chi connectivity index (χ1v) is 5.90. The van der Waals surface area contributed by atoms with Crippen molar-refractivity contribution in [2.24, 2.45) is 5.92 Å². The highest BCUT2D eigenvalue weighted by Gasteiger charge is 2.15. The Morgan fingerprint density at radius 3 is 2.62 bits per heavy atom. The topological polar surface area (TPSA) is 29.5 Å². The molecule has 1 aromatic rings. The van der Waals surface area contributed by atoms with E-state index >= 15 is 0 Å². The standard InChI is InChI=1S/C14H22O2/c1-5-11(3)13(15)9-12-8-10(2)6-7-14(12)16-4/h6-8,11,13,15H,5,9H2,1-4H3. The van der Waals surface area contributed by atoms with Crippen LogP contribution in [0, 0.1) is 12.8 Å². The van der Waals surface area contributed by atoms with Gasteiger partial charge in [-0.05, 0) is 24.5 Å². The Kier molecular flexibility index (Phi) is 4.81. The van der Waals surface area contributed by atoms with Crippen molar-refractivity contribution in [3.63, 3.8) is 0 Å². The molecule has 0 spiro atoms. The summed E-state index contributed by atoms with van der Waals surface area (Å²) in [7, 11) is 1.67. The summed E-state index contributed by atoms with van der Waals surface area (Å²) in [5.74, 6) is 1.19. The summed E-state index contributed by atoms with van der Waals surface area (Å²) < 4.78 is 5.30. The summed E-state index contributed by atoms with van der Waals surface area (Å²) >= 11 is 0. The van der Waals surface area contributed by atoms with Crippen LogP contribution in [0.15, 0.2) is 18.2 Å². The Morgan fingerprint density at radius 1 is 1.38 bits per heavy atom. The monoisotopic (exact) mass is 222 g/mol. The lowest BCUT2D eigenvalue weighted by molar-refractivity contribution is 0.114. The van der Waals surface area contributed by atoms with Crippen LogP contribution in [-0.2, 0) is 6.42 Å². The van der Waals surface area contributed by atoms with Crippen LogP contribution < -0.4 is 4.74 Å². The molecule has 0 bridgehead atoms. The molecule has 1 N–H and O–H groups in total. The van der Waals surface area contributed by atoms with Gasteiger partial charge in [-0.25, -0.2) is 0 Å². The number of rotatable bonds is 5. The summed E-state index contributed by atoms with van der Waals surface area (Å²) in [6, 6.07) is 6.08. The zero-order chi connectivity index (χ0) is 12.1. The fraction of sp³-hybridized carbons (Fsp3) is 0.571. The first-order valence-electron chi connectivity index (χ1n) is 5.90. The van der Waals surface area contributed by atoms with Gasteiger partial charge in [-0.2, -0.15) is 0 Å². The number of hydrogen-bond donors (Lipinski definition) is 1. The molecule has 0 aromatic heterocycles. The van der Waals surface area contributed by atoms with E-state index in [1.54, 1.807) is 7.11 Å². The molecule has 2 atom stereocenters. The molecule has 0 aliphatic rings. The predicted molar refractivity (Wildman–Crippen MR) is 66.9 cm³/mol. The van der Waals surface area contributed by atoms with Crippen molar-refractivity contribution in [1.29, 1.82) is 0 Å². The maximum atomic E-state index is 10.0. The summed E-state index contributed by atoms with van der Waals surface area (Å²) in [5, 5.41) is 10.0. The average Bonchev–Trinajstić information content (AvgIpc) is 2.28. The van der Waals surface area contributed by atoms with E-state index in [9.17, 15) is 5.11 Å². The third-order valence-corrected chi connectivity index (χ3v) is 3.17. The highest BCUT2D eigenvalue weighted by molar-refractivity contribution is 5.37. The number of aliphatic hydroxyl groups is 1. The molecule has 0 amide bonds. The van der Waals surface area contributed by atoms with Gasteiger partial charge in [-0.15, -0.1) is 0 Å². The molecular formula is C14H22O2. The van der Waals surface area contributed by atoms with Crippen molar-refractivity contribution in [1.82, 2.24) is 0 Å². The van der Waals surface area contributed by atoms with E-state index in [0.717, 1.165) is 17.7 Å². The van der Waals surface area contributed by atoms with Gasteiger partial charge in [0.05, 0.1) is 13.2 Å². The maximum Gasteiger partial charge on any atom is 0.122 e. The predicted octanol–water partition coefficient (Wildman–Crippen LogP) is 2.95. The second-order valence-corrected chi connectivity index (χ2v) is 4.47. The molecule has 0 fully saturated rings. The maximum absolute atomic E-state index is 10.0. The molecule has 2 unspecified atom stereocenters. The number of aliphatic hydroxyl groups excluding tert-OH is 1. The number of hydrogen-bond acceptors (Lipinski definition) is 2. The van der Waals surface area contributed by atoms with Crippen LogP contribution in [0.4, 0.5) is 0 Å². The molecule has 0 radical (unpaired) electrons. The lowest BCUT2D eigenvalue weighted by Gasteiger charge is -2.18. The molecule has 2 heteroatoms. The Hall–Kier alpha value is -1.02. The number of methoxy groups -OCH3 is 1. The molecule has 0 saturated heterocycles. The number of aryl methyl sites for hydroxylation is 1. The normalized spacial score (nSPS) is 14.6. The Bertz CT molecular complexity index is 334. The zero-order valence-electron chi connectivity index (χ0n) is 10.7. The lowest BCUT2D eigenvalue weighted by atomic mass is 9.94. The van der Waals surface area contributed by atoms with Gasteiger partial charge >= 0.3 is 0 Å². The largest absolute Gasteiger partial charge is 0.496 e. The minimum Gasteiger partial charge on any atom is -0.496 e. The molecule has 0 saturated carbocycles. The third-order valence-electron chi connectivity index (χ3n) is 3.17. The fourth-order valence-electron chi connectivity index (χ4n) is 1.77. The third kappa shape index (κ3) is 3.24. The Morgan fingerprint density at radius 2 is 2.06 bits per heavy atom. The van der Waals surface area contributed by atoms with Crippen LogP contribution >= 0.6 is 0 Å². The van der Waals surface area contributed by atoms with Gasteiger partial charge in [0.15, 0.2) is 0 Å². The number of benzene rings is 1. The van der Waals surface area contributed by atoms with E-state index < -0.39 is 0 Å². The molecule has 0 aliphatic heterocycles. The smallest absolute Gasteiger partial charge is 0.122 e. The Labute approximate surface area is 98.3 Å². The van der Waals surface area contributed by atoms with Crippen LogP contribution in [0.5, 0.6) is 5.75 Å². The minimum atomic E-state index is -0.291. The van der Waals surface area contributed by atoms with Gasteiger partial charge in [-0.1, -0.05) is 38.0 Å². The zero-order valence-corrected chi connectivity index (χ0v) is 10.7. The van der Waals surface area contributed by atoms with Crippen LogP contribution in [0.1, 0.15) is 31.4 Å². The van der Waals surface area contributed by atoms with Crippen molar-refractivity contribution in [2.75, 3.05) is 7.11 Å². The summed E-state index contributed by atoms with van der Waals surface area (Å²) in [5.41, 5.74) is 2.29. The van der Waals surface area contributed by atoms with Gasteiger partial charge in [0.2, 0.25) is 0 Å². The summed E-state index contributed by atoms with van der Waals surface area (Å²) in [6.45, 7) is 6.23. The SMILES string of the molecule is CCC(C)C(O)Cc1cc(C)ccc1OC. The van der Waals surface area contributed by atoms with E-state index in [-0.39, 0.29) is 6.10 Å². The van der Waals surface area contributed by atoms with Crippen LogP contribution in [-0.4, -0.2) is 18.3 Å². The quantitative estimate of drug-likeness (QED) is 0.830. The highest BCUT2D eigenvalue weighted by atomic mass is 16.5. The molecule has 2 nitrogen and oxygen atoms in total. The van der Waals surface area contributed by atoms with Gasteiger partial charge < -0.3 is 9.84 Å². The van der Waals surface area contributed by atoms with E-state index in [4.69, 9.17) is 4.74 Å². The molecule has 1 aromatic carbocycles. The van der Waals surface area contributed by atoms with Gasteiger partial charge in [0, 0.05) is 6.42 Å². The van der Waals surface area contributed by atoms with Gasteiger partial charge in [-0.3, -0.25) is 0 Å². The summed E-state index contributed by atoms with van der Waals surface area (Å²) in [4.78, 5) is 0. The van der Waals surface area contributed by atoms with Crippen LogP contribution in [0.2, 0.25) is 0 Å². The van der Waals surface area contributed by atoms with Crippen molar-refractivity contribution in [3.8, 4) is 5.75 Å². The van der Waals surface area contributed by atoms with E-state index in [0.29, 0.717) is 12.3 Å². The van der Waals surface area contributed by atoms with Crippen molar-refractivity contribution < 1.29 is 9.84 Å². The Balaban J connectivity index is 2.82. The van der Waals surface area contributed by atoms with Gasteiger partial charge in [0.25, 0.3) is 0 Å². The molecule has 90 valence electrons. The second kappa shape index (κ2) is 5.90. The first kappa shape index (κ1) is 13.0. The second-order valence-electron chi connectivity index (χ2n) is 4.47. The lowest BCUT2D eigenvalue weighted by Crippen LogP contribution is -2.20. The van der Waals surface area contributed by atoms with Crippen LogP contribution in [0.25, 0.3) is 0 Å². The van der Waals surface area contributed by atoms with Crippen LogP contribution in [0.3, 0.4) is 0 Å². The average molecular weight is 222 g/mol. The first-order chi connectivity index (χ1) is 7.58. The van der Waals surface area contributed by atoms with E-state index in [2.05, 4.69) is 26.8 Å². The fourth-order valence-corrected chi connectivity index (χ4v) is 1.77. The van der Waals surface area contributed by atoms with Gasteiger partial charge in [0.1, 0.15) is 5.75 Å². The molecule has 0 aliphatic carbocycles. The van der Waals surface area contributed by atoms with Crippen molar-refractivity contribution in [2.45, 2.75) is 39.7 Å². The van der Waals surface area contributed by atoms with E-state index in [1.807, 2.05) is 12.1 Å². The molecular weight excluding hydrogens is 200 g/mol. The number of ether oxygens (including phenoxy) is 1.